The first-order valence-electron chi connectivity index (χ1n) is 8.81. The summed E-state index contributed by atoms with van der Waals surface area (Å²) < 4.78 is 13.1. The molecule has 27 heavy (non-hydrogen) atoms. The topological polar surface area (TPSA) is 66.9 Å². The number of carbonyl (C=O) groups excluding carboxylic acids is 1. The lowest BCUT2D eigenvalue weighted by atomic mass is 10.1. The Morgan fingerprint density at radius 1 is 1.07 bits per heavy atom. The van der Waals surface area contributed by atoms with E-state index >= 15 is 0 Å². The molecular weight excluding hydrogens is 343 g/mol. The van der Waals surface area contributed by atoms with Crippen LogP contribution in [0, 0.1) is 5.82 Å². The van der Waals surface area contributed by atoms with Gasteiger partial charge in [-0.2, -0.15) is 0 Å². The van der Waals surface area contributed by atoms with Crippen LogP contribution in [0.4, 0.5) is 15.9 Å². The summed E-state index contributed by atoms with van der Waals surface area (Å²) in [4.78, 5) is 20.6. The van der Waals surface area contributed by atoms with E-state index in [-0.39, 0.29) is 17.8 Å². The Bertz CT molecular complexity index is 910. The lowest BCUT2D eigenvalue weighted by Crippen LogP contribution is -2.31. The van der Waals surface area contributed by atoms with Gasteiger partial charge in [0.2, 0.25) is 0 Å². The minimum Gasteiger partial charge on any atom is -0.350 e. The lowest BCUT2D eigenvalue weighted by molar-refractivity contribution is 0.0939. The highest BCUT2D eigenvalue weighted by Crippen LogP contribution is 2.21. The number of carbonyl (C=O) groups is 1. The summed E-state index contributed by atoms with van der Waals surface area (Å²) in [5.74, 6) is 0.237. The lowest BCUT2D eigenvalue weighted by Gasteiger charge is -2.12. The van der Waals surface area contributed by atoms with Crippen LogP contribution >= 0.6 is 0 Å². The third-order valence-electron chi connectivity index (χ3n) is 4.22. The number of benzene rings is 2. The molecule has 0 spiro atoms. The zero-order valence-electron chi connectivity index (χ0n) is 15.2. The van der Waals surface area contributed by atoms with Crippen molar-refractivity contribution >= 4 is 17.4 Å². The van der Waals surface area contributed by atoms with Gasteiger partial charge < -0.3 is 10.6 Å². The van der Waals surface area contributed by atoms with Crippen LogP contribution < -0.4 is 10.6 Å². The molecule has 3 rings (SSSR count). The van der Waals surface area contributed by atoms with Crippen LogP contribution in [0.2, 0.25) is 0 Å². The summed E-state index contributed by atoms with van der Waals surface area (Å²) in [6.07, 6.45) is 2.34. The minimum atomic E-state index is -0.288. The van der Waals surface area contributed by atoms with Crippen molar-refractivity contribution in [2.45, 2.75) is 26.3 Å². The monoisotopic (exact) mass is 364 g/mol. The molecule has 1 atom stereocenters. The average Bonchev–Trinajstić information content (AvgIpc) is 2.69. The Labute approximate surface area is 157 Å². The molecular formula is C21H21FN4O. The molecule has 2 aromatic carbocycles. The zero-order chi connectivity index (χ0) is 19.2. The van der Waals surface area contributed by atoms with Gasteiger partial charge in [-0.05, 0) is 61.9 Å². The molecule has 0 saturated carbocycles. The van der Waals surface area contributed by atoms with Crippen LogP contribution in [0.3, 0.4) is 0 Å². The van der Waals surface area contributed by atoms with Crippen LogP contribution in [-0.2, 0) is 0 Å². The molecule has 0 unspecified atom stereocenters. The van der Waals surface area contributed by atoms with Crippen molar-refractivity contribution in [3.63, 3.8) is 0 Å². The van der Waals surface area contributed by atoms with Crippen molar-refractivity contribution < 1.29 is 9.18 Å². The average molecular weight is 364 g/mol. The molecule has 138 valence electrons. The first kappa shape index (κ1) is 18.5. The third kappa shape index (κ3) is 4.88. The largest absolute Gasteiger partial charge is 0.350 e. The standard InChI is InChI=1S/C21H21FN4O/c1-3-14(2)25-21(27)16-6-10-18(11-7-16)26-20-12-19(23-13-24-20)15-4-8-17(22)9-5-15/h4-14H,3H2,1-2H3,(H,25,27)(H,23,24,26)/t14-/m1/s1. The first-order chi connectivity index (χ1) is 13.0. The van der Waals surface area contributed by atoms with Gasteiger partial charge in [-0.25, -0.2) is 14.4 Å². The van der Waals surface area contributed by atoms with Crippen molar-refractivity contribution in [3.8, 4) is 11.3 Å². The fourth-order valence-electron chi connectivity index (χ4n) is 2.47. The van der Waals surface area contributed by atoms with Gasteiger partial charge in [-0.1, -0.05) is 6.92 Å². The van der Waals surface area contributed by atoms with Gasteiger partial charge in [-0.3, -0.25) is 4.79 Å². The normalized spacial score (nSPS) is 11.7. The third-order valence-corrected chi connectivity index (χ3v) is 4.22. The van der Waals surface area contributed by atoms with Gasteiger partial charge >= 0.3 is 0 Å². The Hall–Kier alpha value is -3.28. The van der Waals surface area contributed by atoms with Gasteiger partial charge in [-0.15, -0.1) is 0 Å². The van der Waals surface area contributed by atoms with Crippen molar-refractivity contribution in [2.24, 2.45) is 0 Å². The van der Waals surface area contributed by atoms with E-state index in [1.165, 1.54) is 18.5 Å². The SMILES string of the molecule is CC[C@@H](C)NC(=O)c1ccc(Nc2cc(-c3ccc(F)cc3)ncn2)cc1. The summed E-state index contributed by atoms with van der Waals surface area (Å²) in [5, 5.41) is 6.12. The molecule has 1 aromatic heterocycles. The highest BCUT2D eigenvalue weighted by molar-refractivity contribution is 5.94. The van der Waals surface area contributed by atoms with E-state index in [0.717, 1.165) is 17.7 Å². The number of nitrogens with zero attached hydrogens (tertiary/aromatic N) is 2. The number of anilines is 2. The molecule has 0 radical (unpaired) electrons. The van der Waals surface area contributed by atoms with Gasteiger partial charge in [0.25, 0.3) is 5.91 Å². The first-order valence-corrected chi connectivity index (χ1v) is 8.81. The van der Waals surface area contributed by atoms with Gasteiger partial charge in [0, 0.05) is 28.9 Å². The predicted molar refractivity (Wildman–Crippen MR) is 104 cm³/mol. The Morgan fingerprint density at radius 3 is 2.44 bits per heavy atom. The molecule has 0 bridgehead atoms. The highest BCUT2D eigenvalue weighted by atomic mass is 19.1. The van der Waals surface area contributed by atoms with Crippen molar-refractivity contribution in [1.82, 2.24) is 15.3 Å². The molecule has 6 heteroatoms. The van der Waals surface area contributed by atoms with E-state index < -0.39 is 0 Å². The molecule has 0 fully saturated rings. The highest BCUT2D eigenvalue weighted by Gasteiger charge is 2.08. The van der Waals surface area contributed by atoms with E-state index in [2.05, 4.69) is 20.6 Å². The number of hydrogen-bond acceptors (Lipinski definition) is 4. The van der Waals surface area contributed by atoms with E-state index in [4.69, 9.17) is 0 Å². The van der Waals surface area contributed by atoms with E-state index in [1.807, 2.05) is 26.0 Å². The second-order valence-corrected chi connectivity index (χ2v) is 6.28. The molecule has 2 N–H and O–H groups in total. The molecule has 1 heterocycles. The number of halogens is 1. The maximum absolute atomic E-state index is 13.1. The number of nitrogens with one attached hydrogen (secondary N) is 2. The van der Waals surface area contributed by atoms with E-state index in [0.29, 0.717) is 17.1 Å². The maximum atomic E-state index is 13.1. The summed E-state index contributed by atoms with van der Waals surface area (Å²) in [6.45, 7) is 4.00. The summed E-state index contributed by atoms with van der Waals surface area (Å²) in [6, 6.07) is 15.2. The zero-order valence-corrected chi connectivity index (χ0v) is 15.2. The maximum Gasteiger partial charge on any atom is 0.251 e. The van der Waals surface area contributed by atoms with Crippen molar-refractivity contribution in [3.05, 3.63) is 72.3 Å². The number of hydrogen-bond donors (Lipinski definition) is 2. The summed E-state index contributed by atoms with van der Waals surface area (Å²) in [5.41, 5.74) is 2.91. The van der Waals surface area contributed by atoms with Gasteiger partial charge in [0.15, 0.2) is 0 Å². The van der Waals surface area contributed by atoms with Crippen molar-refractivity contribution in [2.75, 3.05) is 5.32 Å². The molecule has 0 aliphatic heterocycles. The fraction of sp³-hybridized carbons (Fsp3) is 0.190. The van der Waals surface area contributed by atoms with Crippen LogP contribution in [0.25, 0.3) is 11.3 Å². The van der Waals surface area contributed by atoms with Crippen LogP contribution in [-0.4, -0.2) is 21.9 Å². The summed E-state index contributed by atoms with van der Waals surface area (Å²) in [7, 11) is 0. The number of aromatic nitrogens is 2. The predicted octanol–water partition coefficient (Wildman–Crippen LogP) is 4.55. The molecule has 0 aliphatic rings. The molecule has 3 aromatic rings. The summed E-state index contributed by atoms with van der Waals surface area (Å²) >= 11 is 0. The van der Waals surface area contributed by atoms with Gasteiger partial charge in [0.05, 0.1) is 5.69 Å². The van der Waals surface area contributed by atoms with Crippen molar-refractivity contribution in [1.29, 1.82) is 0 Å². The number of rotatable bonds is 6. The minimum absolute atomic E-state index is 0.0865. The molecule has 1 amide bonds. The molecule has 5 nitrogen and oxygen atoms in total. The van der Waals surface area contributed by atoms with E-state index in [1.54, 1.807) is 30.3 Å². The fourth-order valence-corrected chi connectivity index (χ4v) is 2.47. The second kappa shape index (κ2) is 8.40. The van der Waals surface area contributed by atoms with Crippen LogP contribution in [0.5, 0.6) is 0 Å². The Balaban J connectivity index is 1.71. The second-order valence-electron chi connectivity index (χ2n) is 6.28. The quantitative estimate of drug-likeness (QED) is 0.673. The van der Waals surface area contributed by atoms with Crippen LogP contribution in [0.1, 0.15) is 30.6 Å². The van der Waals surface area contributed by atoms with Gasteiger partial charge in [0.1, 0.15) is 18.0 Å². The van der Waals surface area contributed by atoms with E-state index in [9.17, 15) is 9.18 Å². The van der Waals surface area contributed by atoms with Crippen LogP contribution in [0.15, 0.2) is 60.9 Å². The Morgan fingerprint density at radius 2 is 1.78 bits per heavy atom. The Kier molecular flexibility index (Phi) is 5.76. The smallest absolute Gasteiger partial charge is 0.251 e. The molecule has 0 aliphatic carbocycles. The number of amides is 1. The molecule has 0 saturated heterocycles.